The Kier molecular flexibility index (Phi) is 4.67. The summed E-state index contributed by atoms with van der Waals surface area (Å²) < 4.78 is 0.918. The van der Waals surface area contributed by atoms with Gasteiger partial charge in [-0.3, -0.25) is 0 Å². The van der Waals surface area contributed by atoms with Gasteiger partial charge in [0.2, 0.25) is 0 Å². The van der Waals surface area contributed by atoms with Gasteiger partial charge in [-0.2, -0.15) is 0 Å². The molecule has 0 spiro atoms. The van der Waals surface area contributed by atoms with Crippen LogP contribution in [0.4, 0.5) is 5.69 Å². The molecule has 2 aromatic rings. The molecular weight excluding hydrogens is 310 g/mol. The fourth-order valence-corrected chi connectivity index (χ4v) is 2.39. The fourth-order valence-electron chi connectivity index (χ4n) is 1.89. The lowest BCUT2D eigenvalue weighted by molar-refractivity contribution is 0.790. The fraction of sp³-hybridized carbons (Fsp3) is 0.200. The third-order valence-electron chi connectivity index (χ3n) is 2.72. The minimum atomic E-state index is 0.375. The summed E-state index contributed by atoms with van der Waals surface area (Å²) in [6.45, 7) is 2.18. The zero-order valence-electron chi connectivity index (χ0n) is 10.2. The van der Waals surface area contributed by atoms with Crippen molar-refractivity contribution < 1.29 is 0 Å². The Balaban J connectivity index is 1.99. The van der Waals surface area contributed by atoms with Crippen molar-refractivity contribution in [2.45, 2.75) is 19.4 Å². The van der Waals surface area contributed by atoms with Crippen molar-refractivity contribution in [3.05, 3.63) is 63.6 Å². The average Bonchev–Trinajstić information content (AvgIpc) is 2.35. The van der Waals surface area contributed by atoms with Gasteiger partial charge in [-0.25, -0.2) is 0 Å². The van der Waals surface area contributed by atoms with Gasteiger partial charge >= 0.3 is 0 Å². The Labute approximate surface area is 121 Å². The van der Waals surface area contributed by atoms with E-state index in [1.807, 2.05) is 24.3 Å². The molecule has 0 aromatic heterocycles. The van der Waals surface area contributed by atoms with Gasteiger partial charge in [0.25, 0.3) is 0 Å². The van der Waals surface area contributed by atoms with E-state index in [1.165, 1.54) is 5.56 Å². The lowest BCUT2D eigenvalue weighted by Gasteiger charge is -2.15. The molecule has 1 nitrogen and oxygen atoms in total. The number of hydrogen-bond donors (Lipinski definition) is 1. The molecule has 0 heterocycles. The van der Waals surface area contributed by atoms with Gasteiger partial charge in [-0.05, 0) is 53.0 Å². The van der Waals surface area contributed by atoms with Crippen molar-refractivity contribution in [2.75, 3.05) is 5.32 Å². The van der Waals surface area contributed by atoms with E-state index >= 15 is 0 Å². The maximum Gasteiger partial charge on any atom is 0.0549 e. The van der Waals surface area contributed by atoms with Crippen molar-refractivity contribution in [3.63, 3.8) is 0 Å². The maximum atomic E-state index is 5.97. The predicted octanol–water partition coefficient (Wildman–Crippen LogP) is 5.15. The number of rotatable bonds is 4. The quantitative estimate of drug-likeness (QED) is 0.820. The summed E-state index contributed by atoms with van der Waals surface area (Å²) in [7, 11) is 0. The van der Waals surface area contributed by atoms with Crippen LogP contribution in [0.3, 0.4) is 0 Å². The molecule has 3 heteroatoms. The zero-order chi connectivity index (χ0) is 13.0. The molecular formula is C15H15BrClN. The van der Waals surface area contributed by atoms with Gasteiger partial charge in [0, 0.05) is 16.2 Å². The van der Waals surface area contributed by atoms with Gasteiger partial charge in [0.05, 0.1) is 5.02 Å². The number of anilines is 1. The second kappa shape index (κ2) is 6.26. The van der Waals surface area contributed by atoms with Crippen molar-refractivity contribution in [3.8, 4) is 0 Å². The second-order valence-corrected chi connectivity index (χ2v) is 5.63. The molecule has 1 unspecified atom stereocenters. The lowest BCUT2D eigenvalue weighted by Crippen LogP contribution is -2.17. The first-order chi connectivity index (χ1) is 8.65. The Hall–Kier alpha value is -0.990. The summed E-state index contributed by atoms with van der Waals surface area (Å²) in [5, 5.41) is 4.20. The van der Waals surface area contributed by atoms with Gasteiger partial charge in [0.1, 0.15) is 0 Å². The molecule has 0 aliphatic carbocycles. The number of benzene rings is 2. The van der Waals surface area contributed by atoms with E-state index in [0.29, 0.717) is 6.04 Å². The standard InChI is InChI=1S/C15H15BrClN/c1-11(9-12-5-3-2-4-6-12)18-13-7-8-15(17)14(16)10-13/h2-8,10-11,18H,9H2,1H3. The monoisotopic (exact) mass is 323 g/mol. The Morgan fingerprint density at radius 2 is 1.89 bits per heavy atom. The first-order valence-electron chi connectivity index (χ1n) is 5.90. The summed E-state index contributed by atoms with van der Waals surface area (Å²) in [6.07, 6.45) is 1.00. The molecule has 18 heavy (non-hydrogen) atoms. The van der Waals surface area contributed by atoms with E-state index in [0.717, 1.165) is 21.6 Å². The summed E-state index contributed by atoms with van der Waals surface area (Å²) in [5.41, 5.74) is 2.42. The van der Waals surface area contributed by atoms with Crippen LogP contribution in [-0.4, -0.2) is 6.04 Å². The highest BCUT2D eigenvalue weighted by molar-refractivity contribution is 9.10. The Morgan fingerprint density at radius 3 is 2.56 bits per heavy atom. The largest absolute Gasteiger partial charge is 0.382 e. The molecule has 1 atom stereocenters. The SMILES string of the molecule is CC(Cc1ccccc1)Nc1ccc(Cl)c(Br)c1. The van der Waals surface area contributed by atoms with Crippen LogP contribution in [0.25, 0.3) is 0 Å². The van der Waals surface area contributed by atoms with Gasteiger partial charge in [-0.15, -0.1) is 0 Å². The molecule has 0 saturated carbocycles. The van der Waals surface area contributed by atoms with E-state index in [2.05, 4.69) is 52.4 Å². The maximum absolute atomic E-state index is 5.97. The summed E-state index contributed by atoms with van der Waals surface area (Å²) in [4.78, 5) is 0. The highest BCUT2D eigenvalue weighted by atomic mass is 79.9. The smallest absolute Gasteiger partial charge is 0.0549 e. The third-order valence-corrected chi connectivity index (χ3v) is 3.93. The predicted molar refractivity (Wildman–Crippen MR) is 82.4 cm³/mol. The first kappa shape index (κ1) is 13.4. The molecule has 1 N–H and O–H groups in total. The molecule has 0 amide bonds. The van der Waals surface area contributed by atoms with Crippen molar-refractivity contribution in [2.24, 2.45) is 0 Å². The van der Waals surface area contributed by atoms with Crippen molar-refractivity contribution >= 4 is 33.2 Å². The van der Waals surface area contributed by atoms with Crippen LogP contribution in [0.2, 0.25) is 5.02 Å². The molecule has 0 aliphatic heterocycles. The van der Waals surface area contributed by atoms with Crippen molar-refractivity contribution in [1.82, 2.24) is 0 Å². The molecule has 0 aliphatic rings. The molecule has 0 saturated heterocycles. The van der Waals surface area contributed by atoms with Crippen LogP contribution in [-0.2, 0) is 6.42 Å². The van der Waals surface area contributed by atoms with Gasteiger partial charge in [0.15, 0.2) is 0 Å². The Bertz CT molecular complexity index is 513. The molecule has 0 radical (unpaired) electrons. The molecule has 2 aromatic carbocycles. The van der Waals surface area contributed by atoms with E-state index in [-0.39, 0.29) is 0 Å². The normalized spacial score (nSPS) is 12.2. The number of nitrogens with one attached hydrogen (secondary N) is 1. The summed E-state index contributed by atoms with van der Waals surface area (Å²) >= 11 is 9.40. The van der Waals surface area contributed by atoms with Crippen molar-refractivity contribution in [1.29, 1.82) is 0 Å². The minimum absolute atomic E-state index is 0.375. The Morgan fingerprint density at radius 1 is 1.17 bits per heavy atom. The molecule has 0 fully saturated rings. The van der Waals surface area contributed by atoms with Gasteiger partial charge in [-0.1, -0.05) is 41.9 Å². The molecule has 0 bridgehead atoms. The van der Waals surface area contributed by atoms with E-state index in [4.69, 9.17) is 11.6 Å². The highest BCUT2D eigenvalue weighted by Crippen LogP contribution is 2.26. The zero-order valence-corrected chi connectivity index (χ0v) is 12.5. The van der Waals surface area contributed by atoms with Crippen LogP contribution in [0, 0.1) is 0 Å². The average molecular weight is 325 g/mol. The van der Waals surface area contributed by atoms with Crippen LogP contribution in [0.15, 0.2) is 53.0 Å². The third kappa shape index (κ3) is 3.76. The number of hydrogen-bond acceptors (Lipinski definition) is 1. The van der Waals surface area contributed by atoms with E-state index in [9.17, 15) is 0 Å². The van der Waals surface area contributed by atoms with Gasteiger partial charge < -0.3 is 5.32 Å². The van der Waals surface area contributed by atoms with Crippen LogP contribution in [0.1, 0.15) is 12.5 Å². The lowest BCUT2D eigenvalue weighted by atomic mass is 10.1. The minimum Gasteiger partial charge on any atom is -0.382 e. The summed E-state index contributed by atoms with van der Waals surface area (Å²) in [5.74, 6) is 0. The summed E-state index contributed by atoms with van der Waals surface area (Å²) in [6, 6.07) is 16.7. The highest BCUT2D eigenvalue weighted by Gasteiger charge is 2.05. The van der Waals surface area contributed by atoms with E-state index < -0.39 is 0 Å². The molecule has 2 rings (SSSR count). The van der Waals surface area contributed by atoms with Crippen LogP contribution < -0.4 is 5.32 Å². The second-order valence-electron chi connectivity index (χ2n) is 4.36. The van der Waals surface area contributed by atoms with E-state index in [1.54, 1.807) is 0 Å². The molecule has 94 valence electrons. The first-order valence-corrected chi connectivity index (χ1v) is 7.08. The van der Waals surface area contributed by atoms with Crippen LogP contribution >= 0.6 is 27.5 Å². The van der Waals surface area contributed by atoms with Crippen LogP contribution in [0.5, 0.6) is 0 Å². The topological polar surface area (TPSA) is 12.0 Å². The number of halogens is 2.